The number of rotatable bonds is 4. The van der Waals surface area contributed by atoms with Crippen molar-refractivity contribution in [1.29, 1.82) is 5.26 Å². The Hall–Kier alpha value is -2.47. The molecule has 19 heavy (non-hydrogen) atoms. The fraction of sp³-hybridized carbons (Fsp3) is 0.188. The molecule has 2 aromatic rings. The predicted octanol–water partition coefficient (Wildman–Crippen LogP) is 3.30. The SMILES string of the molecule is C=C(NC)/C(C#N)=C/c1cn(CC)c2ccccc12. The highest BCUT2D eigenvalue weighted by molar-refractivity contribution is 5.90. The van der Waals surface area contributed by atoms with Crippen molar-refractivity contribution in [2.75, 3.05) is 7.05 Å². The molecule has 1 heterocycles. The number of likely N-dealkylation sites (N-methyl/N-ethyl adjacent to an activating group) is 1. The third-order valence-corrected chi connectivity index (χ3v) is 3.21. The van der Waals surface area contributed by atoms with Crippen molar-refractivity contribution in [2.45, 2.75) is 13.5 Å². The predicted molar refractivity (Wildman–Crippen MR) is 79.4 cm³/mol. The number of para-hydroxylation sites is 1. The van der Waals surface area contributed by atoms with E-state index in [9.17, 15) is 5.26 Å². The van der Waals surface area contributed by atoms with Gasteiger partial charge < -0.3 is 9.88 Å². The number of fused-ring (bicyclic) bond motifs is 1. The average Bonchev–Trinajstić information content (AvgIpc) is 2.82. The minimum atomic E-state index is 0.557. The van der Waals surface area contributed by atoms with Crippen LogP contribution in [0.3, 0.4) is 0 Å². The maximum absolute atomic E-state index is 9.20. The van der Waals surface area contributed by atoms with Crippen LogP contribution in [0.2, 0.25) is 0 Å². The van der Waals surface area contributed by atoms with Crippen molar-refractivity contribution in [3.05, 3.63) is 53.9 Å². The lowest BCUT2D eigenvalue weighted by Gasteiger charge is -2.01. The van der Waals surface area contributed by atoms with Gasteiger partial charge in [-0.1, -0.05) is 24.8 Å². The van der Waals surface area contributed by atoms with Gasteiger partial charge in [0.05, 0.1) is 5.57 Å². The van der Waals surface area contributed by atoms with Gasteiger partial charge in [-0.25, -0.2) is 0 Å². The van der Waals surface area contributed by atoms with Gasteiger partial charge in [0.1, 0.15) is 6.07 Å². The molecule has 0 bridgehead atoms. The van der Waals surface area contributed by atoms with E-state index in [-0.39, 0.29) is 0 Å². The molecule has 0 radical (unpaired) electrons. The van der Waals surface area contributed by atoms with Gasteiger partial charge in [0.25, 0.3) is 0 Å². The number of nitrogens with one attached hydrogen (secondary N) is 1. The normalized spacial score (nSPS) is 11.3. The molecular formula is C16H17N3. The maximum atomic E-state index is 9.20. The molecule has 2 rings (SSSR count). The Kier molecular flexibility index (Phi) is 3.72. The van der Waals surface area contributed by atoms with Gasteiger partial charge in [-0.3, -0.25) is 0 Å². The molecule has 0 aliphatic carbocycles. The fourth-order valence-electron chi connectivity index (χ4n) is 2.13. The lowest BCUT2D eigenvalue weighted by Crippen LogP contribution is -2.05. The summed E-state index contributed by atoms with van der Waals surface area (Å²) in [7, 11) is 1.77. The van der Waals surface area contributed by atoms with Crippen molar-refractivity contribution in [2.24, 2.45) is 0 Å². The van der Waals surface area contributed by atoms with Crippen LogP contribution in [0.25, 0.3) is 17.0 Å². The summed E-state index contributed by atoms with van der Waals surface area (Å²) in [6.45, 7) is 6.85. The van der Waals surface area contributed by atoms with Crippen LogP contribution in [0.4, 0.5) is 0 Å². The Labute approximate surface area is 113 Å². The topological polar surface area (TPSA) is 40.8 Å². The highest BCUT2D eigenvalue weighted by Gasteiger charge is 2.07. The minimum Gasteiger partial charge on any atom is -0.388 e. The zero-order chi connectivity index (χ0) is 13.8. The van der Waals surface area contributed by atoms with E-state index in [0.29, 0.717) is 11.3 Å². The molecule has 3 heteroatoms. The van der Waals surface area contributed by atoms with Gasteiger partial charge in [-0.2, -0.15) is 5.26 Å². The summed E-state index contributed by atoms with van der Waals surface area (Å²) in [5.41, 5.74) is 3.42. The summed E-state index contributed by atoms with van der Waals surface area (Å²) in [6.07, 6.45) is 3.96. The minimum absolute atomic E-state index is 0.557. The molecule has 0 fully saturated rings. The summed E-state index contributed by atoms with van der Waals surface area (Å²) in [6, 6.07) is 10.4. The first-order valence-corrected chi connectivity index (χ1v) is 6.28. The monoisotopic (exact) mass is 251 g/mol. The second kappa shape index (κ2) is 5.45. The third kappa shape index (κ3) is 2.38. The summed E-state index contributed by atoms with van der Waals surface area (Å²) in [4.78, 5) is 0. The van der Waals surface area contributed by atoms with E-state index in [2.05, 4.69) is 47.8 Å². The van der Waals surface area contributed by atoms with E-state index in [1.807, 2.05) is 18.2 Å². The molecule has 0 atom stereocenters. The smallest absolute Gasteiger partial charge is 0.101 e. The molecule has 1 aromatic carbocycles. The van der Waals surface area contributed by atoms with E-state index < -0.39 is 0 Å². The van der Waals surface area contributed by atoms with Crippen molar-refractivity contribution >= 4 is 17.0 Å². The fourth-order valence-corrected chi connectivity index (χ4v) is 2.13. The largest absolute Gasteiger partial charge is 0.388 e. The first-order chi connectivity index (χ1) is 9.21. The van der Waals surface area contributed by atoms with Crippen molar-refractivity contribution in [1.82, 2.24) is 9.88 Å². The quantitative estimate of drug-likeness (QED) is 0.669. The molecule has 1 aromatic heterocycles. The maximum Gasteiger partial charge on any atom is 0.101 e. The number of hydrogen-bond acceptors (Lipinski definition) is 2. The number of allylic oxidation sites excluding steroid dienone is 1. The van der Waals surface area contributed by atoms with Crippen LogP contribution >= 0.6 is 0 Å². The molecule has 0 amide bonds. The van der Waals surface area contributed by atoms with Gasteiger partial charge >= 0.3 is 0 Å². The summed E-state index contributed by atoms with van der Waals surface area (Å²) >= 11 is 0. The lowest BCUT2D eigenvalue weighted by molar-refractivity contribution is 0.797. The van der Waals surface area contributed by atoms with Gasteiger partial charge in [0, 0.05) is 42.0 Å². The number of nitrogens with zero attached hydrogens (tertiary/aromatic N) is 2. The second-order valence-corrected chi connectivity index (χ2v) is 4.29. The zero-order valence-corrected chi connectivity index (χ0v) is 11.3. The highest BCUT2D eigenvalue weighted by Crippen LogP contribution is 2.24. The Morgan fingerprint density at radius 1 is 1.47 bits per heavy atom. The van der Waals surface area contributed by atoms with Crippen LogP contribution in [0.1, 0.15) is 12.5 Å². The van der Waals surface area contributed by atoms with Crippen LogP contribution in [0.5, 0.6) is 0 Å². The first kappa shape index (κ1) is 13.0. The van der Waals surface area contributed by atoms with E-state index in [0.717, 1.165) is 17.5 Å². The Morgan fingerprint density at radius 3 is 2.84 bits per heavy atom. The second-order valence-electron chi connectivity index (χ2n) is 4.29. The molecule has 0 unspecified atom stereocenters. The molecular weight excluding hydrogens is 234 g/mol. The zero-order valence-electron chi connectivity index (χ0n) is 11.3. The number of nitriles is 1. The van der Waals surface area contributed by atoms with Crippen molar-refractivity contribution in [3.63, 3.8) is 0 Å². The van der Waals surface area contributed by atoms with Crippen molar-refractivity contribution in [3.8, 4) is 6.07 Å². The Bertz CT molecular complexity index is 684. The lowest BCUT2D eigenvalue weighted by atomic mass is 10.1. The van der Waals surface area contributed by atoms with Gasteiger partial charge in [0.2, 0.25) is 0 Å². The number of hydrogen-bond donors (Lipinski definition) is 1. The van der Waals surface area contributed by atoms with E-state index >= 15 is 0 Å². The molecule has 0 aliphatic heterocycles. The number of aromatic nitrogens is 1. The van der Waals surface area contributed by atoms with E-state index in [1.165, 1.54) is 5.52 Å². The Morgan fingerprint density at radius 2 is 2.21 bits per heavy atom. The average molecular weight is 251 g/mol. The Balaban J connectivity index is 2.61. The number of benzene rings is 1. The van der Waals surface area contributed by atoms with Crippen molar-refractivity contribution < 1.29 is 0 Å². The van der Waals surface area contributed by atoms with E-state index in [1.54, 1.807) is 7.05 Å². The van der Waals surface area contributed by atoms with Crippen LogP contribution in [0, 0.1) is 11.3 Å². The number of aryl methyl sites for hydroxylation is 1. The molecule has 1 N–H and O–H groups in total. The molecule has 0 saturated heterocycles. The van der Waals surface area contributed by atoms with Gasteiger partial charge in [-0.05, 0) is 19.1 Å². The van der Waals surface area contributed by atoms with Crippen LogP contribution in [0.15, 0.2) is 48.3 Å². The molecule has 96 valence electrons. The van der Waals surface area contributed by atoms with Gasteiger partial charge in [0.15, 0.2) is 0 Å². The summed E-state index contributed by atoms with van der Waals surface area (Å²) in [5, 5.41) is 13.3. The highest BCUT2D eigenvalue weighted by atomic mass is 14.9. The molecule has 0 spiro atoms. The van der Waals surface area contributed by atoms with Crippen LogP contribution in [-0.2, 0) is 6.54 Å². The first-order valence-electron chi connectivity index (χ1n) is 6.28. The summed E-state index contributed by atoms with van der Waals surface area (Å²) in [5.74, 6) is 0. The van der Waals surface area contributed by atoms with Gasteiger partial charge in [-0.15, -0.1) is 0 Å². The van der Waals surface area contributed by atoms with E-state index in [4.69, 9.17) is 0 Å². The summed E-state index contributed by atoms with van der Waals surface area (Å²) < 4.78 is 2.18. The standard InChI is InChI=1S/C16H17N3/c1-4-19-11-14(9-13(10-17)12(2)18-3)15-7-5-6-8-16(15)19/h5-9,11,18H,2,4H2,1,3H3/b13-9+. The molecule has 3 nitrogen and oxygen atoms in total. The third-order valence-electron chi connectivity index (χ3n) is 3.21. The molecule has 0 saturated carbocycles. The van der Waals surface area contributed by atoms with Crippen LogP contribution < -0.4 is 5.32 Å². The molecule has 0 aliphatic rings. The van der Waals surface area contributed by atoms with Crippen LogP contribution in [-0.4, -0.2) is 11.6 Å².